The topological polar surface area (TPSA) is 58.6 Å². The molecule has 4 nitrogen and oxygen atoms in total. The summed E-state index contributed by atoms with van der Waals surface area (Å²) in [6.45, 7) is 2.02. The van der Waals surface area contributed by atoms with Crippen molar-refractivity contribution >= 4 is 17.7 Å². The van der Waals surface area contributed by atoms with Crippen LogP contribution in [0.4, 0.5) is 0 Å². The van der Waals surface area contributed by atoms with Gasteiger partial charge in [0.05, 0.1) is 12.7 Å². The van der Waals surface area contributed by atoms with Crippen LogP contribution in [-0.2, 0) is 0 Å². The molecule has 5 heteroatoms. The van der Waals surface area contributed by atoms with E-state index < -0.39 is 0 Å². The number of phenols is 1. The number of amides is 1. The molecule has 1 unspecified atom stereocenters. The molecule has 0 heterocycles. The van der Waals surface area contributed by atoms with E-state index in [9.17, 15) is 9.90 Å². The molecule has 0 bridgehead atoms. The highest BCUT2D eigenvalue weighted by Crippen LogP contribution is 2.22. The van der Waals surface area contributed by atoms with Gasteiger partial charge < -0.3 is 15.2 Å². The molecular weight excluding hydrogens is 250 g/mol. The van der Waals surface area contributed by atoms with Gasteiger partial charge in [-0.2, -0.15) is 11.8 Å². The molecule has 2 N–H and O–H groups in total. The van der Waals surface area contributed by atoms with Gasteiger partial charge in [0.15, 0.2) is 0 Å². The maximum atomic E-state index is 12.0. The number of thioether (sulfide) groups is 1. The molecule has 0 aromatic heterocycles. The second-order valence-electron chi connectivity index (χ2n) is 3.92. The van der Waals surface area contributed by atoms with Crippen LogP contribution in [0.1, 0.15) is 23.7 Å². The molecule has 0 aliphatic heterocycles. The summed E-state index contributed by atoms with van der Waals surface area (Å²) in [5.74, 6) is 1.10. The zero-order valence-corrected chi connectivity index (χ0v) is 11.7. The molecule has 1 aromatic rings. The number of nitrogens with one attached hydrogen (secondary N) is 1. The van der Waals surface area contributed by atoms with Crippen molar-refractivity contribution in [3.8, 4) is 11.5 Å². The molecule has 1 rings (SSSR count). The summed E-state index contributed by atoms with van der Waals surface area (Å²) in [6.07, 6.45) is 2.86. The van der Waals surface area contributed by atoms with Crippen LogP contribution in [0.5, 0.6) is 11.5 Å². The predicted octanol–water partition coefficient (Wildman–Crippen LogP) is 2.27. The minimum Gasteiger partial charge on any atom is -0.507 e. The van der Waals surface area contributed by atoms with Crippen LogP contribution in [0.3, 0.4) is 0 Å². The standard InChI is InChI=1S/C13H19NO3S/c1-4-9(8-18-3)14-13(16)11-7-10(17-2)5-6-12(11)15/h5-7,9,15H,4,8H2,1-3H3,(H,14,16). The lowest BCUT2D eigenvalue weighted by molar-refractivity contribution is 0.0937. The highest BCUT2D eigenvalue weighted by molar-refractivity contribution is 7.98. The van der Waals surface area contributed by atoms with Crippen molar-refractivity contribution in [1.29, 1.82) is 0 Å². The molecule has 0 saturated carbocycles. The first-order valence-corrected chi connectivity index (χ1v) is 7.18. The first kappa shape index (κ1) is 14.7. The van der Waals surface area contributed by atoms with Crippen LogP contribution in [0.2, 0.25) is 0 Å². The van der Waals surface area contributed by atoms with E-state index in [1.165, 1.54) is 19.2 Å². The lowest BCUT2D eigenvalue weighted by atomic mass is 10.1. The van der Waals surface area contributed by atoms with Crippen molar-refractivity contribution in [3.05, 3.63) is 23.8 Å². The van der Waals surface area contributed by atoms with Gasteiger partial charge in [0.1, 0.15) is 11.5 Å². The molecular formula is C13H19NO3S. The minimum absolute atomic E-state index is 0.0349. The van der Waals surface area contributed by atoms with Crippen molar-refractivity contribution in [2.75, 3.05) is 19.1 Å². The van der Waals surface area contributed by atoms with Crippen LogP contribution in [-0.4, -0.2) is 36.2 Å². The third-order valence-corrected chi connectivity index (χ3v) is 3.38. The number of carbonyl (C=O) groups excluding carboxylic acids is 1. The van der Waals surface area contributed by atoms with Crippen molar-refractivity contribution < 1.29 is 14.6 Å². The summed E-state index contributed by atoms with van der Waals surface area (Å²) in [5.41, 5.74) is 0.244. The molecule has 0 fully saturated rings. The van der Waals surface area contributed by atoms with E-state index in [1.807, 2.05) is 13.2 Å². The van der Waals surface area contributed by atoms with E-state index >= 15 is 0 Å². The Morgan fingerprint density at radius 3 is 2.83 bits per heavy atom. The summed E-state index contributed by atoms with van der Waals surface area (Å²) in [6, 6.07) is 4.73. The summed E-state index contributed by atoms with van der Waals surface area (Å²) in [4.78, 5) is 12.0. The second-order valence-corrected chi connectivity index (χ2v) is 4.83. The Morgan fingerprint density at radius 2 is 2.28 bits per heavy atom. The number of benzene rings is 1. The van der Waals surface area contributed by atoms with Gasteiger partial charge in [-0.15, -0.1) is 0 Å². The summed E-state index contributed by atoms with van der Waals surface area (Å²) in [5, 5.41) is 12.6. The molecule has 1 atom stereocenters. The molecule has 1 amide bonds. The third kappa shape index (κ3) is 3.84. The fourth-order valence-corrected chi connectivity index (χ4v) is 2.27. The lowest BCUT2D eigenvalue weighted by Crippen LogP contribution is -2.36. The van der Waals surface area contributed by atoms with E-state index in [0.29, 0.717) is 5.75 Å². The molecule has 0 saturated heterocycles. The normalized spacial score (nSPS) is 11.9. The van der Waals surface area contributed by atoms with Crippen molar-refractivity contribution in [1.82, 2.24) is 5.32 Å². The molecule has 0 aliphatic rings. The van der Waals surface area contributed by atoms with Crippen LogP contribution in [0, 0.1) is 0 Å². The van der Waals surface area contributed by atoms with Gasteiger partial charge in [-0.3, -0.25) is 4.79 Å². The number of methoxy groups -OCH3 is 1. The first-order valence-electron chi connectivity index (χ1n) is 5.79. The lowest BCUT2D eigenvalue weighted by Gasteiger charge is -2.16. The average molecular weight is 269 g/mol. The average Bonchev–Trinajstić information content (AvgIpc) is 2.38. The SMILES string of the molecule is CCC(CSC)NC(=O)c1cc(OC)ccc1O. The zero-order valence-electron chi connectivity index (χ0n) is 10.9. The first-order chi connectivity index (χ1) is 8.62. The highest BCUT2D eigenvalue weighted by atomic mass is 32.2. The Kier molecular flexibility index (Phi) is 5.85. The third-order valence-electron chi connectivity index (χ3n) is 2.64. The number of rotatable bonds is 6. The van der Waals surface area contributed by atoms with Crippen LogP contribution >= 0.6 is 11.8 Å². The number of hydrogen-bond acceptors (Lipinski definition) is 4. The Hall–Kier alpha value is -1.36. The van der Waals surface area contributed by atoms with Gasteiger partial charge in [0.2, 0.25) is 0 Å². The highest BCUT2D eigenvalue weighted by Gasteiger charge is 2.15. The Morgan fingerprint density at radius 1 is 1.56 bits per heavy atom. The van der Waals surface area contributed by atoms with Crippen LogP contribution in [0.15, 0.2) is 18.2 Å². The van der Waals surface area contributed by atoms with Gasteiger partial charge in [-0.25, -0.2) is 0 Å². The maximum absolute atomic E-state index is 12.0. The minimum atomic E-state index is -0.271. The molecule has 100 valence electrons. The number of ether oxygens (including phenoxy) is 1. The Bertz CT molecular complexity index is 409. The fraction of sp³-hybridized carbons (Fsp3) is 0.462. The predicted molar refractivity (Wildman–Crippen MR) is 74.6 cm³/mol. The van der Waals surface area contributed by atoms with Gasteiger partial charge in [0, 0.05) is 11.8 Å². The van der Waals surface area contributed by atoms with Gasteiger partial charge in [0.25, 0.3) is 5.91 Å². The largest absolute Gasteiger partial charge is 0.507 e. The Balaban J connectivity index is 2.82. The van der Waals surface area contributed by atoms with Gasteiger partial charge in [-0.1, -0.05) is 6.92 Å². The number of carbonyl (C=O) groups is 1. The molecule has 0 aliphatic carbocycles. The molecule has 0 radical (unpaired) electrons. The maximum Gasteiger partial charge on any atom is 0.255 e. The Labute approximate surface area is 112 Å². The number of phenolic OH excluding ortho intramolecular Hbond substituents is 1. The van der Waals surface area contributed by atoms with E-state index in [1.54, 1.807) is 17.8 Å². The van der Waals surface area contributed by atoms with E-state index in [4.69, 9.17) is 4.74 Å². The van der Waals surface area contributed by atoms with E-state index in [-0.39, 0.29) is 23.3 Å². The van der Waals surface area contributed by atoms with Crippen LogP contribution < -0.4 is 10.1 Å². The van der Waals surface area contributed by atoms with Crippen molar-refractivity contribution in [2.45, 2.75) is 19.4 Å². The van der Waals surface area contributed by atoms with E-state index in [2.05, 4.69) is 5.32 Å². The monoisotopic (exact) mass is 269 g/mol. The van der Waals surface area contributed by atoms with Crippen molar-refractivity contribution in [2.24, 2.45) is 0 Å². The fourth-order valence-electron chi connectivity index (χ4n) is 1.55. The quantitative estimate of drug-likeness (QED) is 0.832. The summed E-state index contributed by atoms with van der Waals surface area (Å²) in [7, 11) is 1.52. The van der Waals surface area contributed by atoms with Crippen molar-refractivity contribution in [3.63, 3.8) is 0 Å². The van der Waals surface area contributed by atoms with E-state index in [0.717, 1.165) is 12.2 Å². The number of aromatic hydroxyl groups is 1. The molecule has 18 heavy (non-hydrogen) atoms. The summed E-state index contributed by atoms with van der Waals surface area (Å²) < 4.78 is 5.04. The zero-order chi connectivity index (χ0) is 13.5. The summed E-state index contributed by atoms with van der Waals surface area (Å²) >= 11 is 1.68. The molecule has 1 aromatic carbocycles. The second kappa shape index (κ2) is 7.16. The number of hydrogen-bond donors (Lipinski definition) is 2. The van der Waals surface area contributed by atoms with Crippen LogP contribution in [0.25, 0.3) is 0 Å². The smallest absolute Gasteiger partial charge is 0.255 e. The van der Waals surface area contributed by atoms with Gasteiger partial charge >= 0.3 is 0 Å². The molecule has 0 spiro atoms. The van der Waals surface area contributed by atoms with Gasteiger partial charge in [-0.05, 0) is 30.9 Å².